The van der Waals surface area contributed by atoms with E-state index in [1.165, 1.54) is 0 Å². The van der Waals surface area contributed by atoms with Crippen LogP contribution in [0.1, 0.15) is 24.8 Å². The fourth-order valence-electron chi connectivity index (χ4n) is 1.53. The zero-order valence-corrected chi connectivity index (χ0v) is 12.9. The molecule has 1 aromatic rings. The third kappa shape index (κ3) is 4.98. The van der Waals surface area contributed by atoms with Crippen molar-refractivity contribution in [1.82, 2.24) is 0 Å². The molecule has 0 aliphatic rings. The van der Waals surface area contributed by atoms with Gasteiger partial charge in [0.2, 0.25) is 0 Å². The maximum absolute atomic E-state index is 11.5. The molecule has 0 aliphatic carbocycles. The molecule has 0 saturated carbocycles. The molecule has 0 amide bonds. The highest BCUT2D eigenvalue weighted by atomic mass is 79.9. The first-order valence-electron chi connectivity index (χ1n) is 5.50. The summed E-state index contributed by atoms with van der Waals surface area (Å²) in [7, 11) is -2.89. The molecule has 17 heavy (non-hydrogen) atoms. The van der Waals surface area contributed by atoms with Gasteiger partial charge >= 0.3 is 0 Å². The van der Waals surface area contributed by atoms with E-state index in [0.717, 1.165) is 10.9 Å². The van der Waals surface area contributed by atoms with Crippen LogP contribution in [0.3, 0.4) is 0 Å². The zero-order chi connectivity index (χ0) is 12.9. The topological polar surface area (TPSA) is 34.1 Å². The normalized spacial score (nSPS) is 13.6. The first-order chi connectivity index (χ1) is 7.98. The SMILES string of the molecule is CCS(=O)(=O)CCC(CBr)c1ccc(Cl)cc1. The summed E-state index contributed by atoms with van der Waals surface area (Å²) in [6.45, 7) is 1.68. The van der Waals surface area contributed by atoms with Crippen molar-refractivity contribution in [2.75, 3.05) is 16.8 Å². The monoisotopic (exact) mass is 338 g/mol. The number of rotatable bonds is 6. The van der Waals surface area contributed by atoms with Crippen LogP contribution in [0, 0.1) is 0 Å². The predicted molar refractivity (Wildman–Crippen MR) is 76.9 cm³/mol. The minimum absolute atomic E-state index is 0.211. The van der Waals surface area contributed by atoms with Crippen LogP contribution in [0.5, 0.6) is 0 Å². The van der Waals surface area contributed by atoms with E-state index in [-0.39, 0.29) is 17.4 Å². The molecule has 0 heterocycles. The Morgan fingerprint density at radius 2 is 1.88 bits per heavy atom. The quantitative estimate of drug-likeness (QED) is 0.741. The van der Waals surface area contributed by atoms with Crippen molar-refractivity contribution in [3.05, 3.63) is 34.9 Å². The Morgan fingerprint density at radius 3 is 2.35 bits per heavy atom. The van der Waals surface area contributed by atoms with Gasteiger partial charge in [-0.25, -0.2) is 8.42 Å². The second kappa shape index (κ2) is 6.76. The number of alkyl halides is 1. The molecule has 96 valence electrons. The van der Waals surface area contributed by atoms with Crippen molar-refractivity contribution in [1.29, 1.82) is 0 Å². The molecule has 0 fully saturated rings. The maximum atomic E-state index is 11.5. The highest BCUT2D eigenvalue weighted by molar-refractivity contribution is 9.09. The smallest absolute Gasteiger partial charge is 0.150 e. The lowest BCUT2D eigenvalue weighted by molar-refractivity contribution is 0.590. The van der Waals surface area contributed by atoms with E-state index in [4.69, 9.17) is 11.6 Å². The molecule has 1 rings (SSSR count). The van der Waals surface area contributed by atoms with Crippen molar-refractivity contribution in [3.63, 3.8) is 0 Å². The second-order valence-corrected chi connectivity index (χ2v) is 7.48. The van der Waals surface area contributed by atoms with Gasteiger partial charge in [0.1, 0.15) is 9.84 Å². The Bertz CT molecular complexity index is 442. The summed E-state index contributed by atoms with van der Waals surface area (Å²) in [5, 5.41) is 1.46. The standard InChI is InChI=1S/C12H16BrClO2S/c1-2-17(15,16)8-7-11(9-13)10-3-5-12(14)6-4-10/h3-6,11H,2,7-9H2,1H3. The molecule has 0 N–H and O–H groups in total. The Morgan fingerprint density at radius 1 is 1.29 bits per heavy atom. The van der Waals surface area contributed by atoms with Crippen molar-refractivity contribution in [2.45, 2.75) is 19.3 Å². The van der Waals surface area contributed by atoms with Crippen LogP contribution in [0.25, 0.3) is 0 Å². The first-order valence-corrected chi connectivity index (χ1v) is 8.82. The summed E-state index contributed by atoms with van der Waals surface area (Å²) in [6.07, 6.45) is 0.642. The number of hydrogen-bond acceptors (Lipinski definition) is 2. The number of halogens is 2. The molecule has 0 saturated heterocycles. The summed E-state index contributed by atoms with van der Waals surface area (Å²) >= 11 is 9.26. The maximum Gasteiger partial charge on any atom is 0.150 e. The van der Waals surface area contributed by atoms with Crippen LogP contribution in [-0.2, 0) is 9.84 Å². The van der Waals surface area contributed by atoms with Crippen LogP contribution in [0.2, 0.25) is 5.02 Å². The van der Waals surface area contributed by atoms with Gasteiger partial charge in [-0.15, -0.1) is 0 Å². The van der Waals surface area contributed by atoms with Crippen LogP contribution < -0.4 is 0 Å². The average molecular weight is 340 g/mol. The first kappa shape index (κ1) is 15.0. The Balaban J connectivity index is 2.69. The van der Waals surface area contributed by atoms with Crippen LogP contribution in [0.4, 0.5) is 0 Å². The minimum atomic E-state index is -2.89. The largest absolute Gasteiger partial charge is 0.229 e. The third-order valence-corrected chi connectivity index (χ3v) is 5.52. The Kier molecular flexibility index (Phi) is 5.97. The predicted octanol–water partition coefficient (Wildman–Crippen LogP) is 3.64. The van der Waals surface area contributed by atoms with Crippen LogP contribution in [0.15, 0.2) is 24.3 Å². The van der Waals surface area contributed by atoms with E-state index in [9.17, 15) is 8.42 Å². The number of hydrogen-bond donors (Lipinski definition) is 0. The molecule has 0 bridgehead atoms. The molecular formula is C12H16BrClO2S. The summed E-state index contributed by atoms with van der Waals surface area (Å²) < 4.78 is 22.9. The highest BCUT2D eigenvalue weighted by Gasteiger charge is 2.15. The molecule has 0 aliphatic heterocycles. The lowest BCUT2D eigenvalue weighted by Crippen LogP contribution is -2.13. The number of benzene rings is 1. The van der Waals surface area contributed by atoms with Gasteiger partial charge in [-0.3, -0.25) is 0 Å². The molecule has 0 radical (unpaired) electrons. The highest BCUT2D eigenvalue weighted by Crippen LogP contribution is 2.24. The van der Waals surface area contributed by atoms with E-state index >= 15 is 0 Å². The van der Waals surface area contributed by atoms with Crippen molar-refractivity contribution in [3.8, 4) is 0 Å². The van der Waals surface area contributed by atoms with Gasteiger partial charge < -0.3 is 0 Å². The van der Waals surface area contributed by atoms with Crippen molar-refractivity contribution in [2.24, 2.45) is 0 Å². The molecule has 1 unspecified atom stereocenters. The van der Waals surface area contributed by atoms with Crippen LogP contribution >= 0.6 is 27.5 Å². The average Bonchev–Trinajstić information content (AvgIpc) is 2.32. The van der Waals surface area contributed by atoms with E-state index in [1.54, 1.807) is 6.92 Å². The van der Waals surface area contributed by atoms with E-state index in [1.807, 2.05) is 24.3 Å². The Hall–Kier alpha value is -0.0600. The summed E-state index contributed by atoms with van der Waals surface area (Å²) in [5.41, 5.74) is 1.12. The molecule has 0 aromatic heterocycles. The molecule has 1 atom stereocenters. The van der Waals surface area contributed by atoms with Gasteiger partial charge in [-0.1, -0.05) is 46.6 Å². The lowest BCUT2D eigenvalue weighted by Gasteiger charge is -2.14. The molecule has 0 spiro atoms. The summed E-state index contributed by atoms with van der Waals surface area (Å²) in [4.78, 5) is 0. The van der Waals surface area contributed by atoms with Gasteiger partial charge in [-0.2, -0.15) is 0 Å². The summed E-state index contributed by atoms with van der Waals surface area (Å²) in [5.74, 6) is 0.666. The van der Waals surface area contributed by atoms with E-state index < -0.39 is 9.84 Å². The van der Waals surface area contributed by atoms with Crippen LogP contribution in [-0.4, -0.2) is 25.3 Å². The minimum Gasteiger partial charge on any atom is -0.229 e. The molecular weight excluding hydrogens is 324 g/mol. The third-order valence-electron chi connectivity index (χ3n) is 2.74. The van der Waals surface area contributed by atoms with Gasteiger partial charge in [0, 0.05) is 16.1 Å². The van der Waals surface area contributed by atoms with E-state index in [0.29, 0.717) is 11.4 Å². The van der Waals surface area contributed by atoms with E-state index in [2.05, 4.69) is 15.9 Å². The summed E-state index contributed by atoms with van der Waals surface area (Å²) in [6, 6.07) is 7.57. The zero-order valence-electron chi connectivity index (χ0n) is 9.70. The second-order valence-electron chi connectivity index (χ2n) is 3.93. The van der Waals surface area contributed by atoms with Gasteiger partial charge in [-0.05, 0) is 30.0 Å². The number of sulfone groups is 1. The molecule has 5 heteroatoms. The van der Waals surface area contributed by atoms with Gasteiger partial charge in [0.15, 0.2) is 0 Å². The lowest BCUT2D eigenvalue weighted by atomic mass is 9.99. The van der Waals surface area contributed by atoms with Crippen molar-refractivity contribution < 1.29 is 8.42 Å². The van der Waals surface area contributed by atoms with Gasteiger partial charge in [0.05, 0.1) is 5.75 Å². The fraction of sp³-hybridized carbons (Fsp3) is 0.500. The Labute approximate surface area is 116 Å². The molecule has 2 nitrogen and oxygen atoms in total. The molecule has 1 aromatic carbocycles. The fourth-order valence-corrected chi connectivity index (χ4v) is 3.29. The van der Waals surface area contributed by atoms with Crippen molar-refractivity contribution >= 4 is 37.4 Å². The van der Waals surface area contributed by atoms with Gasteiger partial charge in [0.25, 0.3) is 0 Å².